The van der Waals surface area contributed by atoms with E-state index in [-0.39, 0.29) is 17.5 Å². The van der Waals surface area contributed by atoms with Gasteiger partial charge in [0.2, 0.25) is 0 Å². The molecule has 0 spiro atoms. The number of hydrogen-bond donors (Lipinski definition) is 1. The Morgan fingerprint density at radius 1 is 1.35 bits per heavy atom. The van der Waals surface area contributed by atoms with Crippen molar-refractivity contribution >= 4 is 27.5 Å². The molecular weight excluding hydrogens is 348 g/mol. The lowest BCUT2D eigenvalue weighted by atomic mass is 10.1. The number of nitrogens with zero attached hydrogens (tertiary/aromatic N) is 3. The smallest absolute Gasteiger partial charge is 0.262 e. The maximum atomic E-state index is 13.0. The van der Waals surface area contributed by atoms with E-state index in [4.69, 9.17) is 0 Å². The van der Waals surface area contributed by atoms with E-state index in [2.05, 4.69) is 15.3 Å². The first-order chi connectivity index (χ1) is 12.5. The number of aromatic nitrogens is 3. The van der Waals surface area contributed by atoms with Crippen LogP contribution >= 0.6 is 11.3 Å². The number of hydrogen-bond acceptors (Lipinski definition) is 5. The van der Waals surface area contributed by atoms with Crippen LogP contribution in [0.2, 0.25) is 0 Å². The highest BCUT2D eigenvalue weighted by Crippen LogP contribution is 2.41. The van der Waals surface area contributed by atoms with E-state index >= 15 is 0 Å². The summed E-state index contributed by atoms with van der Waals surface area (Å²) in [6.07, 6.45) is 5.46. The summed E-state index contributed by atoms with van der Waals surface area (Å²) in [5.41, 5.74) is 2.60. The topological polar surface area (TPSA) is 76.9 Å². The normalized spacial score (nSPS) is 15.2. The molecule has 0 saturated heterocycles. The fourth-order valence-corrected chi connectivity index (χ4v) is 4.27. The van der Waals surface area contributed by atoms with E-state index < -0.39 is 0 Å². The van der Waals surface area contributed by atoms with Gasteiger partial charge >= 0.3 is 0 Å². The van der Waals surface area contributed by atoms with Gasteiger partial charge in [-0.25, -0.2) is 4.98 Å². The number of thiophene rings is 1. The van der Waals surface area contributed by atoms with Crippen LogP contribution in [0.5, 0.6) is 0 Å². The lowest BCUT2D eigenvalue weighted by Crippen LogP contribution is -2.30. The first-order valence-electron chi connectivity index (χ1n) is 8.64. The van der Waals surface area contributed by atoms with Gasteiger partial charge in [0.25, 0.3) is 11.5 Å². The Morgan fingerprint density at radius 2 is 2.12 bits per heavy atom. The lowest BCUT2D eigenvalue weighted by Gasteiger charge is -2.18. The fourth-order valence-electron chi connectivity index (χ4n) is 3.22. The molecule has 1 atom stereocenters. The van der Waals surface area contributed by atoms with Crippen LogP contribution in [0.25, 0.3) is 10.2 Å². The summed E-state index contributed by atoms with van der Waals surface area (Å²) in [4.78, 5) is 35.2. The predicted octanol–water partition coefficient (Wildman–Crippen LogP) is 2.89. The molecule has 0 aliphatic heterocycles. The van der Waals surface area contributed by atoms with Crippen molar-refractivity contribution in [2.75, 3.05) is 0 Å². The highest BCUT2D eigenvalue weighted by molar-refractivity contribution is 7.20. The molecule has 1 aliphatic rings. The zero-order valence-electron chi connectivity index (χ0n) is 14.9. The van der Waals surface area contributed by atoms with Crippen molar-refractivity contribution in [3.8, 4) is 0 Å². The highest BCUT2D eigenvalue weighted by atomic mass is 32.1. The van der Waals surface area contributed by atoms with Crippen LogP contribution in [0.15, 0.2) is 29.5 Å². The summed E-state index contributed by atoms with van der Waals surface area (Å²) in [6, 6.07) is 3.88. The van der Waals surface area contributed by atoms with Crippen molar-refractivity contribution in [1.82, 2.24) is 19.9 Å². The summed E-state index contributed by atoms with van der Waals surface area (Å²) in [5.74, 6) is 0.265. The quantitative estimate of drug-likeness (QED) is 0.768. The summed E-state index contributed by atoms with van der Waals surface area (Å²) < 4.78 is 1.44. The van der Waals surface area contributed by atoms with Gasteiger partial charge in [-0.1, -0.05) is 0 Å². The molecule has 7 heteroatoms. The van der Waals surface area contributed by atoms with E-state index in [1.165, 1.54) is 22.2 Å². The molecule has 0 bridgehead atoms. The predicted molar refractivity (Wildman–Crippen MR) is 102 cm³/mol. The van der Waals surface area contributed by atoms with E-state index in [0.717, 1.165) is 24.1 Å². The zero-order chi connectivity index (χ0) is 18.4. The molecule has 1 fully saturated rings. The van der Waals surface area contributed by atoms with Gasteiger partial charge in [-0.2, -0.15) is 0 Å². The van der Waals surface area contributed by atoms with Crippen molar-refractivity contribution in [3.63, 3.8) is 0 Å². The molecule has 134 valence electrons. The number of carbonyl (C=O) groups excluding carboxylic acids is 1. The Kier molecular flexibility index (Phi) is 4.11. The first-order valence-corrected chi connectivity index (χ1v) is 9.45. The molecule has 4 rings (SSSR count). The van der Waals surface area contributed by atoms with Gasteiger partial charge < -0.3 is 9.88 Å². The van der Waals surface area contributed by atoms with Crippen molar-refractivity contribution in [3.05, 3.63) is 56.7 Å². The number of pyridine rings is 1. The Balaban J connectivity index is 1.69. The molecular formula is C19H20N4O2S. The van der Waals surface area contributed by atoms with E-state index in [1.807, 2.05) is 26.0 Å². The monoisotopic (exact) mass is 368 g/mol. The Labute approximate surface area is 154 Å². The van der Waals surface area contributed by atoms with Crippen LogP contribution < -0.4 is 10.9 Å². The molecule has 1 aliphatic carbocycles. The van der Waals surface area contributed by atoms with Crippen LogP contribution in [0.1, 0.15) is 45.4 Å². The van der Waals surface area contributed by atoms with Crippen LogP contribution in [-0.2, 0) is 7.05 Å². The summed E-state index contributed by atoms with van der Waals surface area (Å²) in [7, 11) is 1.66. The molecule has 3 aromatic heterocycles. The molecule has 26 heavy (non-hydrogen) atoms. The van der Waals surface area contributed by atoms with Crippen LogP contribution in [0, 0.1) is 19.8 Å². The van der Waals surface area contributed by atoms with Crippen molar-refractivity contribution in [1.29, 1.82) is 0 Å². The second kappa shape index (κ2) is 6.32. The molecule has 0 radical (unpaired) electrons. The average molecular weight is 368 g/mol. The Hall–Kier alpha value is -2.54. The van der Waals surface area contributed by atoms with Gasteiger partial charge in [-0.15, -0.1) is 11.3 Å². The molecule has 0 unspecified atom stereocenters. The van der Waals surface area contributed by atoms with Crippen molar-refractivity contribution in [2.45, 2.75) is 32.7 Å². The molecule has 1 amide bonds. The van der Waals surface area contributed by atoms with Crippen LogP contribution in [0.4, 0.5) is 0 Å². The number of carbonyl (C=O) groups is 1. The van der Waals surface area contributed by atoms with Gasteiger partial charge in [-0.05, 0) is 55.9 Å². The van der Waals surface area contributed by atoms with Crippen LogP contribution in [0.3, 0.4) is 0 Å². The summed E-state index contributed by atoms with van der Waals surface area (Å²) in [5, 5.41) is 3.68. The van der Waals surface area contributed by atoms with E-state index in [9.17, 15) is 9.59 Å². The van der Waals surface area contributed by atoms with Gasteiger partial charge in [0.1, 0.15) is 4.83 Å². The molecule has 0 aromatic carbocycles. The minimum absolute atomic E-state index is 0.0946. The van der Waals surface area contributed by atoms with E-state index in [1.54, 1.807) is 13.2 Å². The SMILES string of the molecule is Cc1ccnc([C@H](NC(=O)c2sc3ncn(C)c(=O)c3c2C)C2CC2)c1. The Bertz CT molecular complexity index is 1070. The molecule has 1 N–H and O–H groups in total. The summed E-state index contributed by atoms with van der Waals surface area (Å²) >= 11 is 1.27. The highest BCUT2D eigenvalue weighted by Gasteiger charge is 2.35. The van der Waals surface area contributed by atoms with Gasteiger partial charge in [0.15, 0.2) is 0 Å². The third kappa shape index (κ3) is 2.92. The van der Waals surface area contributed by atoms with Gasteiger partial charge in [0.05, 0.1) is 28.3 Å². The third-order valence-electron chi connectivity index (χ3n) is 4.85. The maximum absolute atomic E-state index is 13.0. The number of aryl methyl sites for hydroxylation is 3. The van der Waals surface area contributed by atoms with Gasteiger partial charge in [-0.3, -0.25) is 14.6 Å². The minimum atomic E-state index is -0.159. The molecule has 3 aromatic rings. The molecule has 1 saturated carbocycles. The largest absolute Gasteiger partial charge is 0.343 e. The first kappa shape index (κ1) is 16.9. The number of fused-ring (bicyclic) bond motifs is 1. The lowest BCUT2D eigenvalue weighted by molar-refractivity contribution is 0.0934. The zero-order valence-corrected chi connectivity index (χ0v) is 15.8. The molecule has 6 nitrogen and oxygen atoms in total. The van der Waals surface area contributed by atoms with E-state index in [0.29, 0.717) is 26.6 Å². The van der Waals surface area contributed by atoms with Crippen molar-refractivity contribution < 1.29 is 4.79 Å². The summed E-state index contributed by atoms with van der Waals surface area (Å²) in [6.45, 7) is 3.84. The number of nitrogens with one attached hydrogen (secondary N) is 1. The van der Waals surface area contributed by atoms with Crippen LogP contribution in [-0.4, -0.2) is 20.4 Å². The second-order valence-electron chi connectivity index (χ2n) is 6.94. The third-order valence-corrected chi connectivity index (χ3v) is 6.05. The number of amides is 1. The minimum Gasteiger partial charge on any atom is -0.343 e. The second-order valence-corrected chi connectivity index (χ2v) is 7.94. The Morgan fingerprint density at radius 3 is 2.81 bits per heavy atom. The standard InChI is InChI=1S/C19H20N4O2S/c1-10-6-7-20-13(8-10)15(12-4-5-12)22-17(24)16-11(2)14-18(26-16)21-9-23(3)19(14)25/h6-9,12,15H,4-5H2,1-3H3,(H,22,24)/t15-/m1/s1. The molecule has 3 heterocycles. The van der Waals surface area contributed by atoms with Gasteiger partial charge in [0, 0.05) is 13.2 Å². The average Bonchev–Trinajstić information content (AvgIpc) is 3.39. The van der Waals surface area contributed by atoms with Crippen molar-refractivity contribution in [2.24, 2.45) is 13.0 Å². The fraction of sp³-hybridized carbons (Fsp3) is 0.368. The maximum Gasteiger partial charge on any atom is 0.262 e. The number of rotatable bonds is 4.